The third-order valence-corrected chi connectivity index (χ3v) is 4.87. The fourth-order valence-electron chi connectivity index (χ4n) is 2.15. The lowest BCUT2D eigenvalue weighted by atomic mass is 9.97. The monoisotopic (exact) mass is 262 g/mol. The van der Waals surface area contributed by atoms with Gasteiger partial charge in [-0.25, -0.2) is 0 Å². The van der Waals surface area contributed by atoms with E-state index in [2.05, 4.69) is 50.4 Å². The van der Waals surface area contributed by atoms with Gasteiger partial charge in [0.1, 0.15) is 0 Å². The molecule has 2 nitrogen and oxygen atoms in total. The highest BCUT2D eigenvalue weighted by Crippen LogP contribution is 2.33. The van der Waals surface area contributed by atoms with E-state index in [9.17, 15) is 0 Å². The lowest BCUT2D eigenvalue weighted by Crippen LogP contribution is -2.24. The SMILES string of the molecule is CCc1cccc(NC2=NC(CC)(CC)CS2)c1. The van der Waals surface area contributed by atoms with Crippen molar-refractivity contribution >= 4 is 22.6 Å². The summed E-state index contributed by atoms with van der Waals surface area (Å²) in [6.07, 6.45) is 3.32. The fourth-order valence-corrected chi connectivity index (χ4v) is 3.48. The lowest BCUT2D eigenvalue weighted by molar-refractivity contribution is 0.456. The molecule has 0 atom stereocenters. The van der Waals surface area contributed by atoms with Crippen LogP contribution in [0.2, 0.25) is 0 Å². The first-order chi connectivity index (χ1) is 8.71. The van der Waals surface area contributed by atoms with Crippen molar-refractivity contribution in [2.75, 3.05) is 11.1 Å². The average Bonchev–Trinajstić information content (AvgIpc) is 2.83. The Morgan fingerprint density at radius 2 is 2.06 bits per heavy atom. The topological polar surface area (TPSA) is 24.4 Å². The summed E-state index contributed by atoms with van der Waals surface area (Å²) in [5.74, 6) is 1.11. The summed E-state index contributed by atoms with van der Waals surface area (Å²) in [5, 5.41) is 4.53. The number of amidine groups is 1. The molecule has 0 radical (unpaired) electrons. The summed E-state index contributed by atoms with van der Waals surface area (Å²) in [6.45, 7) is 6.64. The van der Waals surface area contributed by atoms with Crippen LogP contribution in [0.3, 0.4) is 0 Å². The molecule has 98 valence electrons. The van der Waals surface area contributed by atoms with E-state index < -0.39 is 0 Å². The lowest BCUT2D eigenvalue weighted by Gasteiger charge is -2.20. The van der Waals surface area contributed by atoms with Crippen molar-refractivity contribution in [2.24, 2.45) is 4.99 Å². The van der Waals surface area contributed by atoms with E-state index in [0.717, 1.165) is 35.9 Å². The largest absolute Gasteiger partial charge is 0.335 e. The molecule has 3 heteroatoms. The van der Waals surface area contributed by atoms with Gasteiger partial charge in [-0.1, -0.05) is 44.7 Å². The maximum absolute atomic E-state index is 4.88. The molecule has 18 heavy (non-hydrogen) atoms. The number of thioether (sulfide) groups is 1. The summed E-state index contributed by atoms with van der Waals surface area (Å²) in [6, 6.07) is 8.59. The average molecular weight is 262 g/mol. The van der Waals surface area contributed by atoms with Crippen LogP contribution in [0.15, 0.2) is 29.3 Å². The Balaban J connectivity index is 2.10. The summed E-state index contributed by atoms with van der Waals surface area (Å²) < 4.78 is 0. The van der Waals surface area contributed by atoms with Crippen LogP contribution in [-0.4, -0.2) is 16.5 Å². The Morgan fingerprint density at radius 3 is 2.67 bits per heavy atom. The minimum absolute atomic E-state index is 0.162. The molecule has 0 saturated carbocycles. The first kappa shape index (κ1) is 13.5. The molecule has 1 aromatic carbocycles. The van der Waals surface area contributed by atoms with Gasteiger partial charge in [0.2, 0.25) is 0 Å². The molecule has 0 aromatic heterocycles. The molecular weight excluding hydrogens is 240 g/mol. The van der Waals surface area contributed by atoms with Gasteiger partial charge in [0.05, 0.1) is 5.54 Å². The maximum Gasteiger partial charge on any atom is 0.161 e. The first-order valence-corrected chi connectivity index (χ1v) is 7.78. The molecule has 0 spiro atoms. The summed E-state index contributed by atoms with van der Waals surface area (Å²) in [4.78, 5) is 4.88. The maximum atomic E-state index is 4.88. The molecule has 1 N–H and O–H groups in total. The minimum Gasteiger partial charge on any atom is -0.335 e. The van der Waals surface area contributed by atoms with Crippen molar-refractivity contribution in [3.05, 3.63) is 29.8 Å². The van der Waals surface area contributed by atoms with E-state index in [-0.39, 0.29) is 5.54 Å². The summed E-state index contributed by atoms with van der Waals surface area (Å²) in [7, 11) is 0. The van der Waals surface area contributed by atoms with Crippen molar-refractivity contribution in [1.82, 2.24) is 0 Å². The number of hydrogen-bond donors (Lipinski definition) is 1. The number of aryl methyl sites for hydroxylation is 1. The van der Waals surface area contributed by atoms with E-state index >= 15 is 0 Å². The Labute approximate surface area is 114 Å². The van der Waals surface area contributed by atoms with E-state index in [4.69, 9.17) is 4.99 Å². The van der Waals surface area contributed by atoms with Crippen LogP contribution in [0, 0.1) is 0 Å². The van der Waals surface area contributed by atoms with Crippen LogP contribution in [0.25, 0.3) is 0 Å². The molecule has 0 fully saturated rings. The van der Waals surface area contributed by atoms with Crippen LogP contribution in [0.4, 0.5) is 5.69 Å². The molecule has 1 aromatic rings. The van der Waals surface area contributed by atoms with Crippen molar-refractivity contribution < 1.29 is 0 Å². The smallest absolute Gasteiger partial charge is 0.161 e. The minimum atomic E-state index is 0.162. The molecule has 1 aliphatic rings. The molecule has 0 unspecified atom stereocenters. The van der Waals surface area contributed by atoms with Crippen LogP contribution in [0.5, 0.6) is 0 Å². The van der Waals surface area contributed by atoms with Gasteiger partial charge >= 0.3 is 0 Å². The van der Waals surface area contributed by atoms with Gasteiger partial charge in [0, 0.05) is 11.4 Å². The van der Waals surface area contributed by atoms with Gasteiger partial charge in [-0.05, 0) is 37.0 Å². The number of anilines is 1. The number of hydrogen-bond acceptors (Lipinski definition) is 3. The second-order valence-electron chi connectivity index (χ2n) is 4.82. The molecular formula is C15H22N2S. The number of nitrogens with zero attached hydrogens (tertiary/aromatic N) is 1. The summed E-state index contributed by atoms with van der Waals surface area (Å²) in [5.41, 5.74) is 2.68. The number of rotatable bonds is 4. The summed E-state index contributed by atoms with van der Waals surface area (Å²) >= 11 is 1.85. The van der Waals surface area contributed by atoms with Crippen LogP contribution < -0.4 is 5.32 Å². The molecule has 1 aliphatic heterocycles. The van der Waals surface area contributed by atoms with E-state index in [1.165, 1.54) is 5.56 Å². The predicted octanol–water partition coefficient (Wildman–Crippen LogP) is 4.32. The van der Waals surface area contributed by atoms with Gasteiger partial charge in [0.15, 0.2) is 5.17 Å². The zero-order valence-electron chi connectivity index (χ0n) is 11.5. The predicted molar refractivity (Wildman–Crippen MR) is 82.6 cm³/mol. The third-order valence-electron chi connectivity index (χ3n) is 3.72. The van der Waals surface area contributed by atoms with Gasteiger partial charge in [-0.3, -0.25) is 4.99 Å². The molecule has 2 rings (SSSR count). The third kappa shape index (κ3) is 2.89. The van der Waals surface area contributed by atoms with Crippen molar-refractivity contribution in [3.8, 4) is 0 Å². The standard InChI is InChI=1S/C15H22N2S/c1-4-12-8-7-9-13(10-12)16-14-17-15(5-2,6-3)11-18-14/h7-10H,4-6,11H2,1-3H3,(H,16,17). The van der Waals surface area contributed by atoms with Gasteiger partial charge < -0.3 is 5.32 Å². The van der Waals surface area contributed by atoms with E-state index in [0.29, 0.717) is 0 Å². The number of nitrogens with one attached hydrogen (secondary N) is 1. The van der Waals surface area contributed by atoms with Crippen LogP contribution in [0.1, 0.15) is 39.2 Å². The second-order valence-corrected chi connectivity index (χ2v) is 5.78. The van der Waals surface area contributed by atoms with Gasteiger partial charge in [-0.15, -0.1) is 0 Å². The number of aliphatic imine (C=N–C) groups is 1. The Morgan fingerprint density at radius 1 is 1.28 bits per heavy atom. The quantitative estimate of drug-likeness (QED) is 0.873. The molecule has 0 amide bonds. The van der Waals surface area contributed by atoms with E-state index in [1.54, 1.807) is 0 Å². The zero-order chi connectivity index (χ0) is 13.0. The van der Waals surface area contributed by atoms with Crippen molar-refractivity contribution in [2.45, 2.75) is 45.6 Å². The van der Waals surface area contributed by atoms with Crippen LogP contribution >= 0.6 is 11.8 Å². The Kier molecular flexibility index (Phi) is 4.33. The second kappa shape index (κ2) is 5.79. The molecule has 1 heterocycles. The van der Waals surface area contributed by atoms with Gasteiger partial charge in [-0.2, -0.15) is 0 Å². The zero-order valence-corrected chi connectivity index (χ0v) is 12.3. The molecule has 0 saturated heterocycles. The highest BCUT2D eigenvalue weighted by molar-refractivity contribution is 8.14. The van der Waals surface area contributed by atoms with Crippen molar-refractivity contribution in [1.29, 1.82) is 0 Å². The number of benzene rings is 1. The molecule has 0 bridgehead atoms. The van der Waals surface area contributed by atoms with Crippen LogP contribution in [-0.2, 0) is 6.42 Å². The Bertz CT molecular complexity index is 436. The Hall–Kier alpha value is -0.960. The first-order valence-electron chi connectivity index (χ1n) is 6.80. The normalized spacial score (nSPS) is 17.6. The highest BCUT2D eigenvalue weighted by atomic mass is 32.2. The fraction of sp³-hybridized carbons (Fsp3) is 0.533. The van der Waals surface area contributed by atoms with Crippen molar-refractivity contribution in [3.63, 3.8) is 0 Å². The highest BCUT2D eigenvalue weighted by Gasteiger charge is 2.31. The van der Waals surface area contributed by atoms with Gasteiger partial charge in [0.25, 0.3) is 0 Å². The van der Waals surface area contributed by atoms with E-state index in [1.807, 2.05) is 11.8 Å². The molecule has 0 aliphatic carbocycles.